The maximum atomic E-state index is 4.70. The van der Waals surface area contributed by atoms with Crippen LogP contribution in [0.5, 0.6) is 0 Å². The van der Waals surface area contributed by atoms with Crippen LogP contribution >= 0.6 is 11.3 Å². The van der Waals surface area contributed by atoms with E-state index in [1.165, 1.54) is 21.1 Å². The lowest BCUT2D eigenvalue weighted by Crippen LogP contribution is -2.12. The number of rotatable bonds is 5. The van der Waals surface area contributed by atoms with Crippen LogP contribution in [0.15, 0.2) is 30.3 Å². The van der Waals surface area contributed by atoms with Crippen LogP contribution in [0.3, 0.4) is 0 Å². The minimum atomic E-state index is 0.858. The minimum absolute atomic E-state index is 0.858. The molecule has 1 N–H and O–H groups in total. The number of benzene rings is 1. The topological polar surface area (TPSA) is 24.9 Å². The number of thiazole rings is 1. The first-order chi connectivity index (χ1) is 8.35. The SMILES string of the molecule is CCNCc1nc(CC)sc1-c1ccccc1. The summed E-state index contributed by atoms with van der Waals surface area (Å²) in [5.74, 6) is 0. The first-order valence-electron chi connectivity index (χ1n) is 6.09. The number of aryl methyl sites for hydroxylation is 1. The van der Waals surface area contributed by atoms with Crippen molar-refractivity contribution in [2.24, 2.45) is 0 Å². The Kier molecular flexibility index (Phi) is 4.29. The molecule has 2 nitrogen and oxygen atoms in total. The van der Waals surface area contributed by atoms with E-state index < -0.39 is 0 Å². The van der Waals surface area contributed by atoms with E-state index in [0.29, 0.717) is 0 Å². The van der Waals surface area contributed by atoms with Gasteiger partial charge < -0.3 is 5.32 Å². The molecular weight excluding hydrogens is 228 g/mol. The van der Waals surface area contributed by atoms with Gasteiger partial charge in [0.2, 0.25) is 0 Å². The first kappa shape index (κ1) is 12.3. The molecule has 2 rings (SSSR count). The molecule has 0 saturated heterocycles. The maximum absolute atomic E-state index is 4.70. The predicted octanol–water partition coefficient (Wildman–Crippen LogP) is 3.48. The zero-order chi connectivity index (χ0) is 12.1. The van der Waals surface area contributed by atoms with E-state index in [1.807, 2.05) is 11.3 Å². The van der Waals surface area contributed by atoms with Crippen LogP contribution < -0.4 is 5.32 Å². The van der Waals surface area contributed by atoms with Gasteiger partial charge in [0.25, 0.3) is 0 Å². The van der Waals surface area contributed by atoms with Crippen LogP contribution in [-0.2, 0) is 13.0 Å². The molecule has 90 valence electrons. The van der Waals surface area contributed by atoms with Gasteiger partial charge in [-0.3, -0.25) is 0 Å². The van der Waals surface area contributed by atoms with E-state index in [1.54, 1.807) is 0 Å². The summed E-state index contributed by atoms with van der Waals surface area (Å²) in [7, 11) is 0. The first-order valence-corrected chi connectivity index (χ1v) is 6.91. The molecule has 3 heteroatoms. The second kappa shape index (κ2) is 5.94. The molecule has 1 aromatic heterocycles. The number of hydrogen-bond acceptors (Lipinski definition) is 3. The fraction of sp³-hybridized carbons (Fsp3) is 0.357. The maximum Gasteiger partial charge on any atom is 0.0932 e. The Morgan fingerprint density at radius 1 is 1.18 bits per heavy atom. The molecule has 0 atom stereocenters. The van der Waals surface area contributed by atoms with Crippen molar-refractivity contribution >= 4 is 11.3 Å². The molecule has 0 aliphatic carbocycles. The average molecular weight is 246 g/mol. The molecule has 2 aromatic rings. The lowest BCUT2D eigenvalue weighted by atomic mass is 10.1. The van der Waals surface area contributed by atoms with Crippen molar-refractivity contribution < 1.29 is 0 Å². The van der Waals surface area contributed by atoms with Crippen LogP contribution in [0.25, 0.3) is 10.4 Å². The van der Waals surface area contributed by atoms with Gasteiger partial charge in [0.05, 0.1) is 15.6 Å². The van der Waals surface area contributed by atoms with Crippen molar-refractivity contribution in [1.82, 2.24) is 10.3 Å². The molecular formula is C14H18N2S. The van der Waals surface area contributed by atoms with Crippen molar-refractivity contribution in [3.05, 3.63) is 41.0 Å². The highest BCUT2D eigenvalue weighted by atomic mass is 32.1. The summed E-state index contributed by atoms with van der Waals surface area (Å²) in [6.45, 7) is 6.12. The van der Waals surface area contributed by atoms with Crippen molar-refractivity contribution in [1.29, 1.82) is 0 Å². The monoisotopic (exact) mass is 246 g/mol. The van der Waals surface area contributed by atoms with Crippen molar-refractivity contribution in [2.45, 2.75) is 26.8 Å². The third kappa shape index (κ3) is 2.93. The van der Waals surface area contributed by atoms with Gasteiger partial charge in [0.15, 0.2) is 0 Å². The van der Waals surface area contributed by atoms with Crippen molar-refractivity contribution in [3.63, 3.8) is 0 Å². The molecule has 0 aliphatic heterocycles. The third-order valence-corrected chi connectivity index (χ3v) is 3.91. The van der Waals surface area contributed by atoms with E-state index in [-0.39, 0.29) is 0 Å². The van der Waals surface area contributed by atoms with E-state index in [4.69, 9.17) is 4.98 Å². The quantitative estimate of drug-likeness (QED) is 0.873. The van der Waals surface area contributed by atoms with Gasteiger partial charge in [-0.1, -0.05) is 44.2 Å². The van der Waals surface area contributed by atoms with Gasteiger partial charge >= 0.3 is 0 Å². The second-order valence-electron chi connectivity index (χ2n) is 3.88. The Morgan fingerprint density at radius 2 is 1.94 bits per heavy atom. The largest absolute Gasteiger partial charge is 0.311 e. The Hall–Kier alpha value is -1.19. The van der Waals surface area contributed by atoms with E-state index in [9.17, 15) is 0 Å². The van der Waals surface area contributed by atoms with Gasteiger partial charge in [0, 0.05) is 6.54 Å². The lowest BCUT2D eigenvalue weighted by Gasteiger charge is -2.02. The Balaban J connectivity index is 2.34. The van der Waals surface area contributed by atoms with Gasteiger partial charge in [-0.25, -0.2) is 4.98 Å². The molecule has 0 saturated carbocycles. The second-order valence-corrected chi connectivity index (χ2v) is 4.97. The summed E-state index contributed by atoms with van der Waals surface area (Å²) >= 11 is 1.81. The van der Waals surface area contributed by atoms with Crippen LogP contribution in [0.4, 0.5) is 0 Å². The Bertz CT molecular complexity index is 462. The van der Waals surface area contributed by atoms with Crippen LogP contribution in [0.1, 0.15) is 24.5 Å². The van der Waals surface area contributed by atoms with Crippen molar-refractivity contribution in [2.75, 3.05) is 6.54 Å². The lowest BCUT2D eigenvalue weighted by molar-refractivity contribution is 0.713. The molecule has 0 radical (unpaired) electrons. The molecule has 0 amide bonds. The molecule has 0 bridgehead atoms. The van der Waals surface area contributed by atoms with Crippen molar-refractivity contribution in [3.8, 4) is 10.4 Å². The molecule has 1 heterocycles. The molecule has 0 aliphatic rings. The fourth-order valence-corrected chi connectivity index (χ4v) is 2.76. The smallest absolute Gasteiger partial charge is 0.0932 e. The van der Waals surface area contributed by atoms with Crippen LogP contribution in [0, 0.1) is 0 Å². The molecule has 1 aromatic carbocycles. The van der Waals surface area contributed by atoms with Crippen LogP contribution in [0.2, 0.25) is 0 Å². The standard InChI is InChI=1S/C14H18N2S/c1-3-13-16-12(10-15-4-2)14(17-13)11-8-6-5-7-9-11/h5-9,15H,3-4,10H2,1-2H3. The average Bonchev–Trinajstić information content (AvgIpc) is 2.80. The molecule has 0 spiro atoms. The van der Waals surface area contributed by atoms with E-state index in [2.05, 4.69) is 49.5 Å². The van der Waals surface area contributed by atoms with Gasteiger partial charge in [-0.05, 0) is 18.5 Å². The highest BCUT2D eigenvalue weighted by Crippen LogP contribution is 2.30. The highest BCUT2D eigenvalue weighted by molar-refractivity contribution is 7.15. The fourth-order valence-electron chi connectivity index (χ4n) is 1.73. The molecule has 0 fully saturated rings. The minimum Gasteiger partial charge on any atom is -0.311 e. The normalized spacial score (nSPS) is 10.7. The molecule has 17 heavy (non-hydrogen) atoms. The number of nitrogens with one attached hydrogen (secondary N) is 1. The highest BCUT2D eigenvalue weighted by Gasteiger charge is 2.11. The van der Waals surface area contributed by atoms with Gasteiger partial charge in [-0.2, -0.15) is 0 Å². The Labute approximate surface area is 107 Å². The van der Waals surface area contributed by atoms with E-state index >= 15 is 0 Å². The van der Waals surface area contributed by atoms with E-state index in [0.717, 1.165) is 19.5 Å². The van der Waals surface area contributed by atoms with Gasteiger partial charge in [0.1, 0.15) is 0 Å². The van der Waals surface area contributed by atoms with Crippen LogP contribution in [-0.4, -0.2) is 11.5 Å². The number of hydrogen-bond donors (Lipinski definition) is 1. The Morgan fingerprint density at radius 3 is 2.59 bits per heavy atom. The summed E-state index contributed by atoms with van der Waals surface area (Å²) in [5.41, 5.74) is 2.46. The summed E-state index contributed by atoms with van der Waals surface area (Å²) in [4.78, 5) is 6.01. The number of aromatic nitrogens is 1. The summed E-state index contributed by atoms with van der Waals surface area (Å²) in [6, 6.07) is 10.5. The zero-order valence-corrected chi connectivity index (χ0v) is 11.2. The summed E-state index contributed by atoms with van der Waals surface area (Å²) in [6.07, 6.45) is 1.01. The summed E-state index contributed by atoms with van der Waals surface area (Å²) in [5, 5.41) is 4.58. The third-order valence-electron chi connectivity index (χ3n) is 2.62. The van der Waals surface area contributed by atoms with Gasteiger partial charge in [-0.15, -0.1) is 11.3 Å². The number of nitrogens with zero attached hydrogens (tertiary/aromatic N) is 1. The zero-order valence-electron chi connectivity index (χ0n) is 10.4. The summed E-state index contributed by atoms with van der Waals surface area (Å²) < 4.78 is 0. The molecule has 0 unspecified atom stereocenters. The predicted molar refractivity (Wildman–Crippen MR) is 74.3 cm³/mol.